The molecule has 2 atom stereocenters. The molecule has 3 heterocycles. The molecule has 2 saturated heterocycles. The molecule has 3 rings (SSSR count). The van der Waals surface area contributed by atoms with Gasteiger partial charge in [0.15, 0.2) is 0 Å². The molecule has 3 N–H and O–H groups in total. The molecule has 2 aliphatic rings. The van der Waals surface area contributed by atoms with E-state index >= 15 is 0 Å². The fourth-order valence-electron chi connectivity index (χ4n) is 4.00. The number of amides is 1. The largest absolute Gasteiger partial charge is 0.368 e. The van der Waals surface area contributed by atoms with Gasteiger partial charge < -0.3 is 16.0 Å². The van der Waals surface area contributed by atoms with Gasteiger partial charge in [-0.1, -0.05) is 13.3 Å². The molecule has 1 aromatic rings. The van der Waals surface area contributed by atoms with Gasteiger partial charge in [0.2, 0.25) is 11.9 Å². The Morgan fingerprint density at radius 3 is 2.67 bits per heavy atom. The molecule has 1 aromatic heterocycles. The number of hydrogen-bond donors (Lipinski definition) is 2. The lowest BCUT2D eigenvalue weighted by Gasteiger charge is -2.28. The van der Waals surface area contributed by atoms with Crippen LogP contribution in [0.15, 0.2) is 12.3 Å². The molecule has 2 aliphatic heterocycles. The van der Waals surface area contributed by atoms with Crippen molar-refractivity contribution in [1.29, 1.82) is 0 Å². The van der Waals surface area contributed by atoms with Gasteiger partial charge in [-0.05, 0) is 37.7 Å². The summed E-state index contributed by atoms with van der Waals surface area (Å²) in [5.74, 6) is 1.85. The van der Waals surface area contributed by atoms with E-state index in [1.165, 1.54) is 6.42 Å². The number of nitrogen functional groups attached to an aromatic ring is 1. The van der Waals surface area contributed by atoms with E-state index in [4.69, 9.17) is 5.73 Å². The number of hydrogen-bond acceptors (Lipinski definition) is 6. The van der Waals surface area contributed by atoms with Crippen molar-refractivity contribution in [2.24, 2.45) is 5.92 Å². The lowest BCUT2D eigenvalue weighted by atomic mass is 9.98. The van der Waals surface area contributed by atoms with Crippen LogP contribution in [0.2, 0.25) is 0 Å². The molecule has 27 heavy (non-hydrogen) atoms. The summed E-state index contributed by atoms with van der Waals surface area (Å²) in [6, 6.07) is 2.14. The molecular formula is C18H32Cl2N6O. The molecule has 154 valence electrons. The van der Waals surface area contributed by atoms with Gasteiger partial charge in [0.25, 0.3) is 0 Å². The van der Waals surface area contributed by atoms with E-state index in [0.29, 0.717) is 18.5 Å². The number of rotatable bonds is 6. The maximum Gasteiger partial charge on any atom is 0.236 e. The molecular weight excluding hydrogens is 387 g/mol. The highest BCUT2D eigenvalue weighted by Crippen LogP contribution is 2.25. The summed E-state index contributed by atoms with van der Waals surface area (Å²) in [6.07, 6.45) is 7.49. The smallest absolute Gasteiger partial charge is 0.236 e. The van der Waals surface area contributed by atoms with E-state index in [1.54, 1.807) is 6.20 Å². The topological polar surface area (TPSA) is 87.4 Å². The standard InChI is InChI=1S/C18H30N6O.2ClH/c1-2-6-14-11-23(13-17(25)24-9-4-3-5-10-24)12-15(14)21-16-7-8-20-18(19)22-16;;/h7-8,14-15H,2-6,9-13H2,1H3,(H3,19,20,21,22);2*1H/t14-,15-;;/m0../s1. The number of anilines is 2. The summed E-state index contributed by atoms with van der Waals surface area (Å²) < 4.78 is 0. The monoisotopic (exact) mass is 418 g/mol. The van der Waals surface area contributed by atoms with Crippen LogP contribution in [0.1, 0.15) is 39.0 Å². The minimum atomic E-state index is 0. The van der Waals surface area contributed by atoms with Crippen LogP contribution >= 0.6 is 24.8 Å². The van der Waals surface area contributed by atoms with Crippen LogP contribution in [0.4, 0.5) is 11.8 Å². The fourth-order valence-corrected chi connectivity index (χ4v) is 4.00. The third-order valence-electron chi connectivity index (χ3n) is 5.25. The predicted molar refractivity (Wildman–Crippen MR) is 114 cm³/mol. The number of likely N-dealkylation sites (tertiary alicyclic amines) is 2. The third kappa shape index (κ3) is 6.66. The van der Waals surface area contributed by atoms with Gasteiger partial charge in [-0.3, -0.25) is 9.69 Å². The first-order valence-electron chi connectivity index (χ1n) is 9.51. The summed E-state index contributed by atoms with van der Waals surface area (Å²) in [5.41, 5.74) is 5.68. The molecule has 0 unspecified atom stereocenters. The molecule has 9 heteroatoms. The molecule has 0 bridgehead atoms. The second kappa shape index (κ2) is 11.5. The second-order valence-corrected chi connectivity index (χ2v) is 7.24. The van der Waals surface area contributed by atoms with Crippen LogP contribution in [0, 0.1) is 5.92 Å². The van der Waals surface area contributed by atoms with E-state index in [1.807, 2.05) is 11.0 Å². The van der Waals surface area contributed by atoms with Crippen molar-refractivity contribution in [3.8, 4) is 0 Å². The van der Waals surface area contributed by atoms with Gasteiger partial charge in [0.1, 0.15) is 5.82 Å². The molecule has 0 radical (unpaired) electrons. The fraction of sp³-hybridized carbons (Fsp3) is 0.722. The maximum atomic E-state index is 12.6. The summed E-state index contributed by atoms with van der Waals surface area (Å²) in [4.78, 5) is 25.1. The van der Waals surface area contributed by atoms with E-state index < -0.39 is 0 Å². The Morgan fingerprint density at radius 2 is 2.00 bits per heavy atom. The first-order chi connectivity index (χ1) is 12.2. The number of nitrogens with one attached hydrogen (secondary N) is 1. The normalized spacial score (nSPS) is 22.6. The van der Waals surface area contributed by atoms with E-state index in [9.17, 15) is 4.79 Å². The maximum absolute atomic E-state index is 12.6. The number of nitrogens with zero attached hydrogens (tertiary/aromatic N) is 4. The zero-order chi connectivity index (χ0) is 17.6. The number of carbonyl (C=O) groups is 1. The quantitative estimate of drug-likeness (QED) is 0.737. The number of aromatic nitrogens is 2. The highest BCUT2D eigenvalue weighted by molar-refractivity contribution is 5.85. The summed E-state index contributed by atoms with van der Waals surface area (Å²) in [6.45, 7) is 6.42. The average molecular weight is 419 g/mol. The van der Waals surface area contributed by atoms with Crippen LogP contribution in [0.3, 0.4) is 0 Å². The van der Waals surface area contributed by atoms with Crippen molar-refractivity contribution in [1.82, 2.24) is 19.8 Å². The van der Waals surface area contributed by atoms with Crippen LogP contribution in [-0.2, 0) is 4.79 Å². The Hall–Kier alpha value is -1.31. The Kier molecular flexibility index (Phi) is 10.1. The van der Waals surface area contributed by atoms with Gasteiger partial charge >= 0.3 is 0 Å². The molecule has 0 aliphatic carbocycles. The zero-order valence-corrected chi connectivity index (χ0v) is 17.6. The Balaban J connectivity index is 0.00000182. The van der Waals surface area contributed by atoms with Gasteiger partial charge in [-0.2, -0.15) is 4.98 Å². The van der Waals surface area contributed by atoms with E-state index in [-0.39, 0.29) is 36.7 Å². The highest BCUT2D eigenvalue weighted by atomic mass is 35.5. The van der Waals surface area contributed by atoms with Crippen molar-refractivity contribution in [2.45, 2.75) is 45.1 Å². The van der Waals surface area contributed by atoms with Crippen LogP contribution < -0.4 is 11.1 Å². The third-order valence-corrected chi connectivity index (χ3v) is 5.25. The summed E-state index contributed by atoms with van der Waals surface area (Å²) in [5, 5.41) is 3.50. The highest BCUT2D eigenvalue weighted by Gasteiger charge is 2.34. The van der Waals surface area contributed by atoms with Gasteiger partial charge in [0.05, 0.1) is 6.54 Å². The second-order valence-electron chi connectivity index (χ2n) is 7.24. The molecule has 0 aromatic carbocycles. The molecule has 7 nitrogen and oxygen atoms in total. The SMILES string of the molecule is CCC[C@H]1CN(CC(=O)N2CCCCC2)C[C@@H]1Nc1ccnc(N)n1.Cl.Cl. The summed E-state index contributed by atoms with van der Waals surface area (Å²) in [7, 11) is 0. The number of halogens is 2. The van der Waals surface area contributed by atoms with Crippen molar-refractivity contribution < 1.29 is 4.79 Å². The van der Waals surface area contributed by atoms with Gasteiger partial charge in [-0.25, -0.2) is 4.98 Å². The number of carbonyl (C=O) groups excluding carboxylic acids is 1. The van der Waals surface area contributed by atoms with E-state index in [0.717, 1.165) is 57.7 Å². The van der Waals surface area contributed by atoms with Crippen molar-refractivity contribution in [3.05, 3.63) is 12.3 Å². The van der Waals surface area contributed by atoms with Crippen molar-refractivity contribution in [2.75, 3.05) is 43.8 Å². The van der Waals surface area contributed by atoms with E-state index in [2.05, 4.69) is 27.1 Å². The molecule has 0 saturated carbocycles. The first-order valence-corrected chi connectivity index (χ1v) is 9.51. The molecule has 2 fully saturated rings. The lowest BCUT2D eigenvalue weighted by Crippen LogP contribution is -2.42. The van der Waals surface area contributed by atoms with Crippen molar-refractivity contribution >= 4 is 42.5 Å². The van der Waals surface area contributed by atoms with Gasteiger partial charge in [0, 0.05) is 38.4 Å². The lowest BCUT2D eigenvalue weighted by molar-refractivity contribution is -0.133. The number of nitrogens with two attached hydrogens (primary N) is 1. The zero-order valence-electron chi connectivity index (χ0n) is 16.0. The van der Waals surface area contributed by atoms with Crippen molar-refractivity contribution in [3.63, 3.8) is 0 Å². The Morgan fingerprint density at radius 1 is 1.26 bits per heavy atom. The molecule has 0 spiro atoms. The van der Waals surface area contributed by atoms with Crippen LogP contribution in [-0.4, -0.2) is 64.4 Å². The minimum absolute atomic E-state index is 0. The van der Waals surface area contributed by atoms with Gasteiger partial charge in [-0.15, -0.1) is 24.8 Å². The van der Waals surface area contributed by atoms with Crippen LogP contribution in [0.25, 0.3) is 0 Å². The molecule has 1 amide bonds. The average Bonchev–Trinajstić information content (AvgIpc) is 2.97. The number of piperidine rings is 1. The predicted octanol–water partition coefficient (Wildman–Crippen LogP) is 2.43. The summed E-state index contributed by atoms with van der Waals surface area (Å²) >= 11 is 0. The van der Waals surface area contributed by atoms with Crippen LogP contribution in [0.5, 0.6) is 0 Å². The first kappa shape index (κ1) is 23.7. The minimum Gasteiger partial charge on any atom is -0.368 e. The Bertz CT molecular complexity index is 585. The Labute approximate surface area is 174 Å².